The van der Waals surface area contributed by atoms with Crippen LogP contribution in [0.25, 0.3) is 21.7 Å². The molecule has 0 unspecified atom stereocenters. The molecule has 1 amide bonds. The van der Waals surface area contributed by atoms with E-state index in [9.17, 15) is 4.79 Å². The van der Waals surface area contributed by atoms with Crippen molar-refractivity contribution in [2.24, 2.45) is 0 Å². The monoisotopic (exact) mass is 417 g/mol. The van der Waals surface area contributed by atoms with Crippen LogP contribution < -0.4 is 14.8 Å². The molecule has 0 saturated carbocycles. The highest BCUT2D eigenvalue weighted by Gasteiger charge is 2.20. The molecular formula is C23H19N3O3S. The summed E-state index contributed by atoms with van der Waals surface area (Å²) in [6.45, 7) is 0. The first-order valence-corrected chi connectivity index (χ1v) is 10.0. The van der Waals surface area contributed by atoms with Gasteiger partial charge in [-0.1, -0.05) is 65.9 Å². The van der Waals surface area contributed by atoms with E-state index in [1.54, 1.807) is 18.2 Å². The molecule has 1 aromatic heterocycles. The molecule has 0 spiro atoms. The van der Waals surface area contributed by atoms with Gasteiger partial charge in [-0.05, 0) is 29.3 Å². The van der Waals surface area contributed by atoms with Crippen LogP contribution in [0.4, 0.5) is 5.13 Å². The first-order valence-electron chi connectivity index (χ1n) is 9.21. The molecule has 0 aliphatic rings. The van der Waals surface area contributed by atoms with Crippen LogP contribution in [0.2, 0.25) is 0 Å². The number of hydrogen-bond acceptors (Lipinski definition) is 6. The molecule has 0 radical (unpaired) electrons. The van der Waals surface area contributed by atoms with Crippen molar-refractivity contribution >= 4 is 22.4 Å². The minimum absolute atomic E-state index is 0.310. The number of amides is 1. The Morgan fingerprint density at radius 1 is 0.800 bits per heavy atom. The molecule has 0 saturated heterocycles. The van der Waals surface area contributed by atoms with Gasteiger partial charge in [-0.25, -0.2) is 0 Å². The quantitative estimate of drug-likeness (QED) is 0.470. The number of anilines is 1. The van der Waals surface area contributed by atoms with Crippen molar-refractivity contribution in [3.63, 3.8) is 0 Å². The summed E-state index contributed by atoms with van der Waals surface area (Å²) in [5.41, 5.74) is 3.46. The van der Waals surface area contributed by atoms with Crippen molar-refractivity contribution in [1.29, 1.82) is 0 Å². The number of nitrogens with zero attached hydrogens (tertiary/aromatic N) is 2. The van der Waals surface area contributed by atoms with Crippen LogP contribution in [-0.2, 0) is 0 Å². The maximum Gasteiger partial charge on any atom is 0.265 e. The molecule has 150 valence electrons. The Balaban J connectivity index is 1.58. The van der Waals surface area contributed by atoms with E-state index < -0.39 is 0 Å². The van der Waals surface area contributed by atoms with Crippen LogP contribution in [-0.4, -0.2) is 30.3 Å². The maximum absolute atomic E-state index is 12.8. The third kappa shape index (κ3) is 4.01. The molecule has 3 aromatic carbocycles. The van der Waals surface area contributed by atoms with Gasteiger partial charge in [0.25, 0.3) is 5.91 Å². The van der Waals surface area contributed by atoms with E-state index in [0.717, 1.165) is 21.7 Å². The van der Waals surface area contributed by atoms with Gasteiger partial charge in [0.15, 0.2) is 0 Å². The molecule has 30 heavy (non-hydrogen) atoms. The van der Waals surface area contributed by atoms with Gasteiger partial charge in [-0.3, -0.25) is 10.1 Å². The number of carbonyl (C=O) groups excluding carboxylic acids is 1. The number of hydrogen-bond donors (Lipinski definition) is 1. The Morgan fingerprint density at radius 2 is 1.43 bits per heavy atom. The largest absolute Gasteiger partial charge is 0.496 e. The van der Waals surface area contributed by atoms with Gasteiger partial charge in [-0.15, -0.1) is 10.2 Å². The number of aromatic nitrogens is 2. The second-order valence-electron chi connectivity index (χ2n) is 6.35. The van der Waals surface area contributed by atoms with Crippen LogP contribution in [0.15, 0.2) is 72.8 Å². The SMILES string of the molecule is COc1cccc(OC)c1C(=O)Nc1nnc(-c2cccc(-c3ccccc3)c2)s1. The van der Waals surface area contributed by atoms with Crippen molar-refractivity contribution in [3.05, 3.63) is 78.4 Å². The fourth-order valence-electron chi connectivity index (χ4n) is 3.09. The lowest BCUT2D eigenvalue weighted by molar-refractivity contribution is 0.102. The molecule has 0 bridgehead atoms. The third-order valence-corrected chi connectivity index (χ3v) is 5.40. The summed E-state index contributed by atoms with van der Waals surface area (Å²) in [5.74, 6) is 0.476. The first-order chi connectivity index (χ1) is 14.7. The van der Waals surface area contributed by atoms with E-state index in [1.165, 1.54) is 25.6 Å². The fraction of sp³-hybridized carbons (Fsp3) is 0.0870. The van der Waals surface area contributed by atoms with Gasteiger partial charge < -0.3 is 9.47 Å². The molecule has 7 heteroatoms. The predicted molar refractivity (Wildman–Crippen MR) is 118 cm³/mol. The second kappa shape index (κ2) is 8.75. The first kappa shape index (κ1) is 19.6. The lowest BCUT2D eigenvalue weighted by atomic mass is 10.0. The highest BCUT2D eigenvalue weighted by Crippen LogP contribution is 2.32. The highest BCUT2D eigenvalue weighted by molar-refractivity contribution is 7.18. The van der Waals surface area contributed by atoms with E-state index in [4.69, 9.17) is 9.47 Å². The van der Waals surface area contributed by atoms with Crippen LogP contribution >= 0.6 is 11.3 Å². The summed E-state index contributed by atoms with van der Waals surface area (Å²) < 4.78 is 10.6. The van der Waals surface area contributed by atoms with E-state index in [2.05, 4.69) is 39.8 Å². The maximum atomic E-state index is 12.8. The summed E-state index contributed by atoms with van der Waals surface area (Å²) in [5, 5.41) is 12.3. The second-order valence-corrected chi connectivity index (χ2v) is 7.33. The zero-order chi connectivity index (χ0) is 20.9. The van der Waals surface area contributed by atoms with Crippen molar-refractivity contribution in [3.8, 4) is 33.2 Å². The molecule has 0 fully saturated rings. The zero-order valence-electron chi connectivity index (χ0n) is 16.5. The number of carbonyl (C=O) groups is 1. The fourth-order valence-corrected chi connectivity index (χ4v) is 3.82. The van der Waals surface area contributed by atoms with E-state index in [0.29, 0.717) is 22.2 Å². The van der Waals surface area contributed by atoms with Crippen molar-refractivity contribution in [1.82, 2.24) is 10.2 Å². The molecule has 4 rings (SSSR count). The Morgan fingerprint density at radius 3 is 2.13 bits per heavy atom. The standard InChI is InChI=1S/C23H19N3O3S/c1-28-18-12-7-13-19(29-2)20(18)21(27)24-23-26-25-22(30-23)17-11-6-10-16(14-17)15-8-4-3-5-9-15/h3-14H,1-2H3,(H,24,26,27). The lowest BCUT2D eigenvalue weighted by Gasteiger charge is -2.11. The van der Waals surface area contributed by atoms with E-state index in [-0.39, 0.29) is 5.91 Å². The summed E-state index contributed by atoms with van der Waals surface area (Å²) >= 11 is 1.30. The van der Waals surface area contributed by atoms with Gasteiger partial charge in [0.05, 0.1) is 14.2 Å². The molecule has 0 aliphatic carbocycles. The van der Waals surface area contributed by atoms with Gasteiger partial charge in [-0.2, -0.15) is 0 Å². The molecule has 1 heterocycles. The van der Waals surface area contributed by atoms with Gasteiger partial charge >= 0.3 is 0 Å². The average molecular weight is 417 g/mol. The number of methoxy groups -OCH3 is 2. The molecule has 1 N–H and O–H groups in total. The summed E-state index contributed by atoms with van der Waals surface area (Å²) in [7, 11) is 3.02. The Bertz CT molecular complexity index is 1150. The number of nitrogens with one attached hydrogen (secondary N) is 1. The van der Waals surface area contributed by atoms with E-state index >= 15 is 0 Å². The van der Waals surface area contributed by atoms with Crippen LogP contribution in [0.5, 0.6) is 11.5 Å². The van der Waals surface area contributed by atoms with Crippen LogP contribution in [0.3, 0.4) is 0 Å². The molecule has 0 aliphatic heterocycles. The predicted octanol–water partition coefficient (Wildman–Crippen LogP) is 5.14. The number of ether oxygens (including phenoxy) is 2. The van der Waals surface area contributed by atoms with Gasteiger partial charge in [0, 0.05) is 5.56 Å². The Labute approximate surface area is 178 Å². The number of rotatable bonds is 6. The highest BCUT2D eigenvalue weighted by atomic mass is 32.1. The van der Waals surface area contributed by atoms with Gasteiger partial charge in [0.2, 0.25) is 5.13 Å². The van der Waals surface area contributed by atoms with Crippen LogP contribution in [0, 0.1) is 0 Å². The number of benzene rings is 3. The van der Waals surface area contributed by atoms with E-state index in [1.807, 2.05) is 30.3 Å². The lowest BCUT2D eigenvalue weighted by Crippen LogP contribution is -2.14. The van der Waals surface area contributed by atoms with Gasteiger partial charge in [0.1, 0.15) is 22.1 Å². The minimum atomic E-state index is -0.370. The van der Waals surface area contributed by atoms with Crippen molar-refractivity contribution in [2.45, 2.75) is 0 Å². The Hall–Kier alpha value is -3.71. The summed E-state index contributed by atoms with van der Waals surface area (Å²) in [4.78, 5) is 12.8. The third-order valence-electron chi connectivity index (χ3n) is 4.52. The molecule has 6 nitrogen and oxygen atoms in total. The summed E-state index contributed by atoms with van der Waals surface area (Å²) in [6.07, 6.45) is 0. The van der Waals surface area contributed by atoms with Crippen molar-refractivity contribution in [2.75, 3.05) is 19.5 Å². The summed E-state index contributed by atoms with van der Waals surface area (Å²) in [6, 6.07) is 23.4. The average Bonchev–Trinajstić information content (AvgIpc) is 3.27. The Kier molecular flexibility index (Phi) is 5.72. The normalized spacial score (nSPS) is 10.5. The van der Waals surface area contributed by atoms with Crippen molar-refractivity contribution < 1.29 is 14.3 Å². The molecule has 4 aromatic rings. The smallest absolute Gasteiger partial charge is 0.265 e. The topological polar surface area (TPSA) is 73.3 Å². The minimum Gasteiger partial charge on any atom is -0.496 e. The molecular weight excluding hydrogens is 398 g/mol. The zero-order valence-corrected chi connectivity index (χ0v) is 17.3. The van der Waals surface area contributed by atoms with Crippen LogP contribution in [0.1, 0.15) is 10.4 Å². The molecule has 0 atom stereocenters.